The summed E-state index contributed by atoms with van der Waals surface area (Å²) in [7, 11) is 0. The first kappa shape index (κ1) is 38.4. The Hall–Kier alpha value is -1.36. The number of aliphatic imine (C=N–C) groups is 1. The molecule has 6 aliphatic rings. The van der Waals surface area contributed by atoms with E-state index in [2.05, 4.69) is 20.1 Å². The molecule has 4 N–H and O–H groups in total. The van der Waals surface area contributed by atoms with Crippen molar-refractivity contribution in [3.63, 3.8) is 0 Å². The Morgan fingerprint density at radius 3 is 2.30 bits per heavy atom. The van der Waals surface area contributed by atoms with Crippen molar-refractivity contribution in [1.82, 2.24) is 0 Å². The molecule has 0 aromatic rings. The fourth-order valence-electron chi connectivity index (χ4n) is 11.7. The first-order chi connectivity index (χ1) is 24.0. The zero-order valence-electron chi connectivity index (χ0n) is 31.2. The van der Waals surface area contributed by atoms with E-state index in [0.717, 1.165) is 50.6 Å². The highest BCUT2D eigenvalue weighted by Gasteiger charge is 2.71. The lowest BCUT2D eigenvalue weighted by molar-refractivity contribution is -0.282. The molecular formula is C41H67NO8. The molecule has 0 aromatic heterocycles. The van der Waals surface area contributed by atoms with E-state index in [1.807, 2.05) is 0 Å². The molecule has 0 bridgehead atoms. The molecule has 0 aromatic carbocycles. The van der Waals surface area contributed by atoms with Crippen LogP contribution >= 0.6 is 0 Å². The Bertz CT molecular complexity index is 1210. The molecule has 2 heterocycles. The molecule has 0 radical (unpaired) electrons. The van der Waals surface area contributed by atoms with Crippen LogP contribution in [0.1, 0.15) is 149 Å². The fourth-order valence-corrected chi connectivity index (χ4v) is 11.7. The number of unbranched alkanes of at least 4 members (excludes halogenated alkanes) is 9. The van der Waals surface area contributed by atoms with Crippen LogP contribution < -0.4 is 0 Å². The molecule has 12 unspecified atom stereocenters. The molecule has 1 saturated heterocycles. The molecule has 0 amide bonds. The maximum Gasteiger partial charge on any atom is 0.331 e. The van der Waals surface area contributed by atoms with Crippen LogP contribution in [0.2, 0.25) is 0 Å². The van der Waals surface area contributed by atoms with Gasteiger partial charge in [0.15, 0.2) is 6.29 Å². The van der Waals surface area contributed by atoms with Crippen LogP contribution in [0.5, 0.6) is 0 Å². The minimum absolute atomic E-state index is 0.0329. The number of cyclic esters (lactones) is 1. The van der Waals surface area contributed by atoms with Crippen molar-refractivity contribution >= 4 is 12.2 Å². The maximum atomic E-state index is 12.8. The summed E-state index contributed by atoms with van der Waals surface area (Å²) in [6.07, 6.45) is 20.0. The van der Waals surface area contributed by atoms with E-state index in [0.29, 0.717) is 32.3 Å². The summed E-state index contributed by atoms with van der Waals surface area (Å²) < 4.78 is 17.7. The van der Waals surface area contributed by atoms with Gasteiger partial charge in [-0.3, -0.25) is 4.99 Å². The van der Waals surface area contributed by atoms with E-state index in [9.17, 15) is 25.2 Å². The Morgan fingerprint density at radius 1 is 0.920 bits per heavy atom. The van der Waals surface area contributed by atoms with Crippen molar-refractivity contribution in [1.29, 1.82) is 0 Å². The number of nitrogens with zero attached hydrogens (tertiary/aromatic N) is 1. The Labute approximate surface area is 300 Å². The van der Waals surface area contributed by atoms with Gasteiger partial charge in [-0.15, -0.1) is 0 Å². The van der Waals surface area contributed by atoms with E-state index < -0.39 is 41.2 Å². The Kier molecular flexibility index (Phi) is 12.2. The number of hydrogen-bond donors (Lipinski definition) is 4. The van der Waals surface area contributed by atoms with Crippen LogP contribution in [0, 0.1) is 28.6 Å². The van der Waals surface area contributed by atoms with Gasteiger partial charge in [0, 0.05) is 42.5 Å². The molecule has 50 heavy (non-hydrogen) atoms. The number of ether oxygens (including phenoxy) is 3. The van der Waals surface area contributed by atoms with Gasteiger partial charge in [0.2, 0.25) is 0 Å². The van der Waals surface area contributed by atoms with Crippen LogP contribution in [0.4, 0.5) is 0 Å². The molecule has 2 aliphatic heterocycles. The normalized spacial score (nSPS) is 44.5. The Morgan fingerprint density at radius 2 is 1.62 bits per heavy atom. The lowest BCUT2D eigenvalue weighted by atomic mass is 9.41. The standard InChI is InChI=1S/C41H67NO8/c1-4-5-6-7-8-9-10-11-12-13-22-42-27-39-19-14-30(50-36-24-34(43)37(45)28(2)49-36)25-40(39,46)20-16-33-32(39)15-18-38(3)31(17-21-41(33,38)47)29-23-35(44)48-26-29/h23,27-28,30-34,36-37,43,45-47H,4-22,24-26H2,1-3H3. The number of aliphatic hydroxyl groups excluding tert-OH is 2. The number of hydrogen-bond acceptors (Lipinski definition) is 9. The second-order valence-electron chi connectivity index (χ2n) is 17.4. The highest BCUT2D eigenvalue weighted by atomic mass is 16.7. The van der Waals surface area contributed by atoms with Gasteiger partial charge in [-0.05, 0) is 88.0 Å². The minimum atomic E-state index is -1.03. The third kappa shape index (κ3) is 7.26. The average Bonchev–Trinajstić information content (AvgIpc) is 3.63. The Balaban J connectivity index is 1.15. The average molecular weight is 702 g/mol. The summed E-state index contributed by atoms with van der Waals surface area (Å²) in [5.74, 6) is -0.0252. The number of carbonyl (C=O) groups excluding carboxylic acids is 1. The number of carbonyl (C=O) groups is 1. The molecular weight excluding hydrogens is 634 g/mol. The van der Waals surface area contributed by atoms with Crippen LogP contribution in [-0.4, -0.2) is 87.7 Å². The number of esters is 1. The quantitative estimate of drug-likeness (QED) is 0.0651. The number of aliphatic hydroxyl groups is 4. The molecule has 12 atom stereocenters. The lowest BCUT2D eigenvalue weighted by Gasteiger charge is -2.66. The van der Waals surface area contributed by atoms with Gasteiger partial charge in [0.05, 0.1) is 29.5 Å². The van der Waals surface area contributed by atoms with Crippen LogP contribution in [0.25, 0.3) is 0 Å². The monoisotopic (exact) mass is 701 g/mol. The first-order valence-corrected chi connectivity index (χ1v) is 20.5. The maximum absolute atomic E-state index is 12.8. The third-order valence-electron chi connectivity index (χ3n) is 14.6. The van der Waals surface area contributed by atoms with E-state index in [4.69, 9.17) is 19.2 Å². The summed E-state index contributed by atoms with van der Waals surface area (Å²) >= 11 is 0. The van der Waals surface area contributed by atoms with Crippen molar-refractivity contribution in [2.24, 2.45) is 33.6 Å². The van der Waals surface area contributed by atoms with E-state index in [1.165, 1.54) is 57.8 Å². The second kappa shape index (κ2) is 15.9. The van der Waals surface area contributed by atoms with Gasteiger partial charge in [-0.25, -0.2) is 4.79 Å². The minimum Gasteiger partial charge on any atom is -0.458 e. The molecule has 9 heteroatoms. The summed E-state index contributed by atoms with van der Waals surface area (Å²) in [4.78, 5) is 17.1. The van der Waals surface area contributed by atoms with Crippen LogP contribution in [0.3, 0.4) is 0 Å². The van der Waals surface area contributed by atoms with Crippen LogP contribution in [0.15, 0.2) is 16.6 Å². The third-order valence-corrected chi connectivity index (χ3v) is 14.6. The lowest BCUT2D eigenvalue weighted by Crippen LogP contribution is -2.69. The van der Waals surface area contributed by atoms with Crippen molar-refractivity contribution in [3.05, 3.63) is 11.6 Å². The van der Waals surface area contributed by atoms with Gasteiger partial charge < -0.3 is 34.6 Å². The summed E-state index contributed by atoms with van der Waals surface area (Å²) in [5, 5.41) is 46.2. The number of fused-ring (bicyclic) bond motifs is 5. The zero-order chi connectivity index (χ0) is 35.6. The van der Waals surface area contributed by atoms with E-state index in [1.54, 1.807) is 13.0 Å². The zero-order valence-corrected chi connectivity index (χ0v) is 31.2. The SMILES string of the molecule is CCCCCCCCCCCCN=CC12CCC(OC3CC(O)C(O)C(C)O3)CC1(O)CCC1C2CCC2(C)C(C3=CC(=O)OC3)CCC12O. The van der Waals surface area contributed by atoms with Gasteiger partial charge in [-0.2, -0.15) is 0 Å². The molecule has 9 nitrogen and oxygen atoms in total. The molecule has 284 valence electrons. The summed E-state index contributed by atoms with van der Waals surface area (Å²) in [6.45, 7) is 7.33. The molecule has 6 rings (SSSR count). The topological polar surface area (TPSA) is 138 Å². The summed E-state index contributed by atoms with van der Waals surface area (Å²) in [5.41, 5.74) is -1.80. The number of rotatable bonds is 15. The van der Waals surface area contributed by atoms with Crippen molar-refractivity contribution < 1.29 is 39.4 Å². The highest BCUT2D eigenvalue weighted by Crippen LogP contribution is 2.70. The molecule has 0 spiro atoms. The van der Waals surface area contributed by atoms with Gasteiger partial charge >= 0.3 is 5.97 Å². The smallest absolute Gasteiger partial charge is 0.331 e. The van der Waals surface area contributed by atoms with Gasteiger partial charge in [0.25, 0.3) is 0 Å². The van der Waals surface area contributed by atoms with Crippen molar-refractivity contribution in [2.75, 3.05) is 13.2 Å². The second-order valence-corrected chi connectivity index (χ2v) is 17.4. The van der Waals surface area contributed by atoms with E-state index in [-0.39, 0.29) is 41.7 Å². The first-order valence-electron chi connectivity index (χ1n) is 20.5. The van der Waals surface area contributed by atoms with E-state index >= 15 is 0 Å². The largest absolute Gasteiger partial charge is 0.458 e. The van der Waals surface area contributed by atoms with Crippen molar-refractivity contribution in [3.8, 4) is 0 Å². The van der Waals surface area contributed by atoms with Crippen LogP contribution in [-0.2, 0) is 19.0 Å². The summed E-state index contributed by atoms with van der Waals surface area (Å²) in [6, 6.07) is 0. The van der Waals surface area contributed by atoms with Gasteiger partial charge in [-0.1, -0.05) is 71.6 Å². The predicted molar refractivity (Wildman–Crippen MR) is 193 cm³/mol. The highest BCUT2D eigenvalue weighted by molar-refractivity contribution is 5.85. The fraction of sp³-hybridized carbons (Fsp3) is 0.902. The predicted octanol–water partition coefficient (Wildman–Crippen LogP) is 6.57. The molecule has 4 aliphatic carbocycles. The molecule has 5 fully saturated rings. The van der Waals surface area contributed by atoms with Gasteiger partial charge in [0.1, 0.15) is 12.7 Å². The van der Waals surface area contributed by atoms with Crippen molar-refractivity contribution in [2.45, 2.75) is 191 Å². The molecule has 4 saturated carbocycles.